The van der Waals surface area contributed by atoms with E-state index in [0.717, 1.165) is 24.2 Å². The smallest absolute Gasteiger partial charge is 0.272 e. The largest absolute Gasteiger partial charge is 0.341 e. The zero-order valence-electron chi connectivity index (χ0n) is 20.6. The lowest BCUT2D eigenvalue weighted by Crippen LogP contribution is -2.46. The maximum atomic E-state index is 13.1. The van der Waals surface area contributed by atoms with Crippen molar-refractivity contribution < 1.29 is 18.0 Å². The second-order valence-electron chi connectivity index (χ2n) is 9.22. The molecule has 0 radical (unpaired) electrons. The summed E-state index contributed by atoms with van der Waals surface area (Å²) >= 11 is 0. The molecule has 0 aromatic heterocycles. The van der Waals surface area contributed by atoms with Crippen molar-refractivity contribution in [1.82, 2.24) is 9.62 Å². The molecule has 0 saturated heterocycles. The van der Waals surface area contributed by atoms with Crippen molar-refractivity contribution in [2.45, 2.75) is 50.6 Å². The van der Waals surface area contributed by atoms with Gasteiger partial charge in [-0.3, -0.25) is 9.59 Å². The summed E-state index contributed by atoms with van der Waals surface area (Å²) in [4.78, 5) is 31.2. The van der Waals surface area contributed by atoms with Crippen molar-refractivity contribution in [1.29, 1.82) is 0 Å². The van der Waals surface area contributed by atoms with E-state index >= 15 is 0 Å². The molecule has 0 unspecified atom stereocenters. The number of amidine groups is 1. The average Bonchev–Trinajstić information content (AvgIpc) is 3.07. The molecule has 1 heterocycles. The predicted octanol–water partition coefficient (Wildman–Crippen LogP) is 4.79. The number of benzene rings is 3. The Balaban J connectivity index is 1.58. The highest BCUT2D eigenvalue weighted by Gasteiger charge is 2.41. The van der Waals surface area contributed by atoms with E-state index in [2.05, 4.69) is 16.6 Å². The van der Waals surface area contributed by atoms with Gasteiger partial charge in [0.2, 0.25) is 0 Å². The van der Waals surface area contributed by atoms with Gasteiger partial charge in [0.05, 0.1) is 4.90 Å². The Kier molecular flexibility index (Phi) is 7.08. The van der Waals surface area contributed by atoms with E-state index in [1.807, 2.05) is 43.0 Å². The van der Waals surface area contributed by atoms with Gasteiger partial charge < -0.3 is 4.90 Å². The lowest BCUT2D eigenvalue weighted by molar-refractivity contribution is -0.124. The van der Waals surface area contributed by atoms with Crippen LogP contribution in [0.5, 0.6) is 0 Å². The number of sulfonamides is 1. The van der Waals surface area contributed by atoms with Crippen LogP contribution in [0.1, 0.15) is 49.5 Å². The number of amides is 2. The normalized spacial score (nSPS) is 15.0. The first-order valence-electron chi connectivity index (χ1n) is 11.8. The summed E-state index contributed by atoms with van der Waals surface area (Å²) in [6, 6.07) is 22.3. The summed E-state index contributed by atoms with van der Waals surface area (Å²) in [6.07, 6.45) is 1.62. The molecule has 2 amide bonds. The zero-order chi connectivity index (χ0) is 25.9. The van der Waals surface area contributed by atoms with Crippen LogP contribution in [-0.4, -0.2) is 36.5 Å². The monoisotopic (exact) mass is 503 g/mol. The zero-order valence-corrected chi connectivity index (χ0v) is 21.4. The van der Waals surface area contributed by atoms with Gasteiger partial charge in [-0.05, 0) is 49.6 Å². The fourth-order valence-corrected chi connectivity index (χ4v) is 5.40. The molecule has 0 aliphatic carbocycles. The molecule has 0 atom stereocenters. The highest BCUT2D eigenvalue weighted by Crippen LogP contribution is 2.30. The lowest BCUT2D eigenvalue weighted by atomic mass is 10.0. The number of hydrogen-bond acceptors (Lipinski definition) is 5. The van der Waals surface area contributed by atoms with Gasteiger partial charge in [-0.15, -0.1) is 0 Å². The number of carbonyl (C=O) groups excluding carboxylic acids is 2. The molecule has 3 aromatic carbocycles. The van der Waals surface area contributed by atoms with Gasteiger partial charge in [-0.25, -0.2) is 13.1 Å². The van der Waals surface area contributed by atoms with Gasteiger partial charge in [0.1, 0.15) is 11.4 Å². The van der Waals surface area contributed by atoms with E-state index in [9.17, 15) is 18.0 Å². The Morgan fingerprint density at radius 2 is 1.58 bits per heavy atom. The maximum Gasteiger partial charge on any atom is 0.272 e. The molecule has 0 spiro atoms. The summed E-state index contributed by atoms with van der Waals surface area (Å²) in [5.41, 5.74) is 1.72. The van der Waals surface area contributed by atoms with Gasteiger partial charge in [-0.1, -0.05) is 67.6 Å². The minimum atomic E-state index is -4.11. The molecular formula is C28H29N3O4S. The van der Waals surface area contributed by atoms with E-state index in [1.165, 1.54) is 6.07 Å². The molecular weight excluding hydrogens is 474 g/mol. The van der Waals surface area contributed by atoms with Crippen molar-refractivity contribution in [3.05, 3.63) is 90.0 Å². The van der Waals surface area contributed by atoms with Crippen LogP contribution >= 0.6 is 0 Å². The maximum absolute atomic E-state index is 13.1. The number of nitrogens with one attached hydrogen (secondary N) is 1. The number of carbonyl (C=O) groups is 2. The molecule has 7 nitrogen and oxygen atoms in total. The van der Waals surface area contributed by atoms with Crippen LogP contribution in [0.3, 0.4) is 0 Å². The average molecular weight is 504 g/mol. The van der Waals surface area contributed by atoms with E-state index in [0.29, 0.717) is 17.7 Å². The van der Waals surface area contributed by atoms with Crippen molar-refractivity contribution in [2.75, 3.05) is 0 Å². The molecule has 186 valence electrons. The Morgan fingerprint density at radius 3 is 2.25 bits per heavy atom. The molecule has 1 aliphatic rings. The Labute approximate surface area is 211 Å². The number of rotatable bonds is 8. The van der Waals surface area contributed by atoms with E-state index < -0.39 is 21.5 Å². The number of aliphatic imine (C=N–C) groups is 1. The fourth-order valence-electron chi connectivity index (χ4n) is 4.19. The summed E-state index contributed by atoms with van der Waals surface area (Å²) in [5.74, 6) is -0.0329. The van der Waals surface area contributed by atoms with Crippen molar-refractivity contribution in [2.24, 2.45) is 4.99 Å². The van der Waals surface area contributed by atoms with E-state index in [1.54, 1.807) is 48.5 Å². The van der Waals surface area contributed by atoms with Crippen molar-refractivity contribution in [3.8, 4) is 11.1 Å². The van der Waals surface area contributed by atoms with Crippen molar-refractivity contribution >= 4 is 27.7 Å². The highest BCUT2D eigenvalue weighted by atomic mass is 32.2. The first-order chi connectivity index (χ1) is 17.1. The standard InChI is InChI=1S/C28H29N3O4S/c1-4-10-25-29-27(33)28(2,3)31(25)19-20-15-17-21(18-16-20)23-13-8-9-14-24(23)36(34,35)30-26(32)22-11-6-5-7-12-22/h5-9,11-18H,4,10,19H2,1-3H3,(H,30,32). The Bertz CT molecular complexity index is 1410. The van der Waals surface area contributed by atoms with Gasteiger partial charge >= 0.3 is 0 Å². The van der Waals surface area contributed by atoms with Crippen LogP contribution in [0.15, 0.2) is 88.8 Å². The van der Waals surface area contributed by atoms with E-state index in [-0.39, 0.29) is 16.4 Å². The SMILES string of the molecule is CCCC1=NC(=O)C(C)(C)N1Cc1ccc(-c2ccccc2S(=O)(=O)NC(=O)c2ccccc2)cc1. The predicted molar refractivity (Wildman–Crippen MR) is 140 cm³/mol. The van der Waals surface area contributed by atoms with Gasteiger partial charge in [0.25, 0.3) is 21.8 Å². The molecule has 8 heteroatoms. The molecule has 0 fully saturated rings. The quantitative estimate of drug-likeness (QED) is 0.477. The third-order valence-electron chi connectivity index (χ3n) is 6.26. The van der Waals surface area contributed by atoms with Gasteiger partial charge in [0.15, 0.2) is 0 Å². The summed E-state index contributed by atoms with van der Waals surface area (Å²) in [6.45, 7) is 6.32. The number of nitrogens with zero attached hydrogens (tertiary/aromatic N) is 2. The first kappa shape index (κ1) is 25.3. The number of hydrogen-bond donors (Lipinski definition) is 1. The Morgan fingerprint density at radius 1 is 0.944 bits per heavy atom. The molecule has 1 N–H and O–H groups in total. The van der Waals surface area contributed by atoms with Crippen LogP contribution in [0.4, 0.5) is 0 Å². The first-order valence-corrected chi connectivity index (χ1v) is 13.3. The fraction of sp³-hybridized carbons (Fsp3) is 0.250. The Hall–Kier alpha value is -3.78. The second kappa shape index (κ2) is 10.1. The molecule has 36 heavy (non-hydrogen) atoms. The molecule has 1 aliphatic heterocycles. The molecule has 0 saturated carbocycles. The molecule has 0 bridgehead atoms. The molecule has 4 rings (SSSR count). The van der Waals surface area contributed by atoms with Crippen LogP contribution in [0.2, 0.25) is 0 Å². The van der Waals surface area contributed by atoms with Gasteiger partial charge in [-0.2, -0.15) is 4.99 Å². The lowest BCUT2D eigenvalue weighted by Gasteiger charge is -2.32. The topological polar surface area (TPSA) is 95.9 Å². The highest BCUT2D eigenvalue weighted by molar-refractivity contribution is 7.90. The summed E-state index contributed by atoms with van der Waals surface area (Å²) in [7, 11) is -4.11. The third kappa shape index (κ3) is 5.09. The molecule has 3 aromatic rings. The summed E-state index contributed by atoms with van der Waals surface area (Å²) in [5, 5.41) is 0. The van der Waals surface area contributed by atoms with Crippen LogP contribution < -0.4 is 4.72 Å². The third-order valence-corrected chi connectivity index (χ3v) is 7.65. The van der Waals surface area contributed by atoms with E-state index in [4.69, 9.17) is 0 Å². The minimum Gasteiger partial charge on any atom is -0.341 e. The van der Waals surface area contributed by atoms with Crippen LogP contribution in [-0.2, 0) is 21.4 Å². The van der Waals surface area contributed by atoms with Gasteiger partial charge in [0, 0.05) is 24.1 Å². The second-order valence-corrected chi connectivity index (χ2v) is 10.9. The van der Waals surface area contributed by atoms with Crippen LogP contribution in [0.25, 0.3) is 11.1 Å². The van der Waals surface area contributed by atoms with Crippen LogP contribution in [0, 0.1) is 0 Å². The summed E-state index contributed by atoms with van der Waals surface area (Å²) < 4.78 is 28.4. The minimum absolute atomic E-state index is 0.0191. The van der Waals surface area contributed by atoms with Crippen molar-refractivity contribution in [3.63, 3.8) is 0 Å².